The van der Waals surface area contributed by atoms with Crippen LogP contribution in [0, 0.1) is 34.9 Å². The molecule has 2 amide bonds. The standard InChI is InChI=1S/C26H31ClFN5O2/c1-33-23(29)21(24(34)31-18-2-3-20(28)19(27)8-18)22(32-33)17-6-15-4-13(5-16(15)7-17)12-30-25(35)26-9-14(10-26)11-26/h2-3,8,13-17H,4-7,9-12,29H2,1H3,(H,30,35)(H,31,34). The lowest BCUT2D eigenvalue weighted by Gasteiger charge is -2.60. The molecule has 9 heteroatoms. The van der Waals surface area contributed by atoms with E-state index in [0.717, 1.165) is 63.1 Å². The number of benzene rings is 1. The van der Waals surface area contributed by atoms with Gasteiger partial charge in [-0.1, -0.05) is 11.6 Å². The van der Waals surface area contributed by atoms with Crippen molar-refractivity contribution in [3.05, 3.63) is 40.3 Å². The van der Waals surface area contributed by atoms with Gasteiger partial charge in [-0.05, 0) is 86.8 Å². The smallest absolute Gasteiger partial charge is 0.261 e. The van der Waals surface area contributed by atoms with Crippen LogP contribution in [0.1, 0.15) is 66.9 Å². The molecule has 2 bridgehead atoms. The molecule has 5 aliphatic rings. The number of aryl methyl sites for hydroxylation is 1. The molecule has 2 unspecified atom stereocenters. The van der Waals surface area contributed by atoms with Crippen LogP contribution < -0.4 is 16.4 Å². The third-order valence-electron chi connectivity index (χ3n) is 9.09. The van der Waals surface area contributed by atoms with E-state index in [4.69, 9.17) is 17.3 Å². The quantitative estimate of drug-likeness (QED) is 0.545. The van der Waals surface area contributed by atoms with Crippen LogP contribution in [-0.4, -0.2) is 28.1 Å². The highest BCUT2D eigenvalue weighted by molar-refractivity contribution is 6.31. The summed E-state index contributed by atoms with van der Waals surface area (Å²) in [6, 6.07) is 4.07. The Kier molecular flexibility index (Phi) is 5.36. The van der Waals surface area contributed by atoms with Crippen LogP contribution in [0.5, 0.6) is 0 Å². The number of aromatic nitrogens is 2. The minimum Gasteiger partial charge on any atom is -0.383 e. The zero-order chi connectivity index (χ0) is 24.5. The first kappa shape index (κ1) is 22.8. The Bertz CT molecular complexity index is 1180. The van der Waals surface area contributed by atoms with Crippen molar-refractivity contribution < 1.29 is 14.0 Å². The molecule has 4 N–H and O–H groups in total. The highest BCUT2D eigenvalue weighted by atomic mass is 35.5. The molecule has 5 aliphatic carbocycles. The minimum absolute atomic E-state index is 0.0145. The van der Waals surface area contributed by atoms with E-state index in [1.807, 2.05) is 0 Å². The van der Waals surface area contributed by atoms with Crippen LogP contribution in [0.25, 0.3) is 0 Å². The largest absolute Gasteiger partial charge is 0.383 e. The molecule has 5 fully saturated rings. The first-order valence-corrected chi connectivity index (χ1v) is 13.0. The molecule has 0 spiro atoms. The molecule has 5 saturated carbocycles. The van der Waals surface area contributed by atoms with Crippen LogP contribution in [0.3, 0.4) is 0 Å². The number of nitrogen functional groups attached to an aromatic ring is 1. The van der Waals surface area contributed by atoms with Gasteiger partial charge in [0.25, 0.3) is 5.91 Å². The van der Waals surface area contributed by atoms with Crippen LogP contribution in [0.15, 0.2) is 18.2 Å². The minimum atomic E-state index is -0.541. The van der Waals surface area contributed by atoms with Crippen molar-refractivity contribution in [1.29, 1.82) is 0 Å². The van der Waals surface area contributed by atoms with E-state index in [1.165, 1.54) is 18.2 Å². The van der Waals surface area contributed by atoms with Gasteiger partial charge in [-0.25, -0.2) is 4.39 Å². The lowest BCUT2D eigenvalue weighted by Crippen LogP contribution is -2.60. The maximum absolute atomic E-state index is 13.5. The van der Waals surface area contributed by atoms with Crippen molar-refractivity contribution in [2.45, 2.75) is 50.9 Å². The van der Waals surface area contributed by atoms with E-state index >= 15 is 0 Å². The SMILES string of the molecule is Cn1nc(C2CC3CC(CNC(=O)C45CC(C4)C5)CC3C2)c(C(=O)Nc2ccc(F)c(Cl)c2)c1N. The number of fused-ring (bicyclic) bond motifs is 1. The number of carbonyl (C=O) groups excluding carboxylic acids is 2. The predicted octanol–water partition coefficient (Wildman–Crippen LogP) is 4.48. The number of amides is 2. The predicted molar refractivity (Wildman–Crippen MR) is 131 cm³/mol. The maximum Gasteiger partial charge on any atom is 0.261 e. The van der Waals surface area contributed by atoms with E-state index in [2.05, 4.69) is 15.7 Å². The number of anilines is 2. The molecule has 1 aromatic heterocycles. The number of nitrogens with two attached hydrogens (primary N) is 1. The Labute approximate surface area is 209 Å². The van der Waals surface area contributed by atoms with Gasteiger partial charge in [0, 0.05) is 30.6 Å². The zero-order valence-corrected chi connectivity index (χ0v) is 20.6. The number of rotatable bonds is 6. The molecule has 7 rings (SSSR count). The fraction of sp³-hybridized carbons (Fsp3) is 0.577. The summed E-state index contributed by atoms with van der Waals surface area (Å²) in [6.07, 6.45) is 7.43. The summed E-state index contributed by atoms with van der Waals surface area (Å²) in [5.74, 6) is 2.35. The molecule has 0 aliphatic heterocycles. The summed E-state index contributed by atoms with van der Waals surface area (Å²) in [5, 5.41) is 10.6. The summed E-state index contributed by atoms with van der Waals surface area (Å²) in [6.45, 7) is 0.785. The highest BCUT2D eigenvalue weighted by Gasteiger charge is 2.61. The molecule has 0 saturated heterocycles. The molecule has 2 aromatic rings. The Morgan fingerprint density at radius 1 is 1.20 bits per heavy atom. The average Bonchev–Trinajstić information content (AvgIpc) is 3.38. The van der Waals surface area contributed by atoms with Gasteiger partial charge in [0.1, 0.15) is 17.2 Å². The second-order valence-corrected chi connectivity index (χ2v) is 11.8. The van der Waals surface area contributed by atoms with Crippen LogP contribution in [-0.2, 0) is 11.8 Å². The van der Waals surface area contributed by atoms with Crippen LogP contribution in [0.2, 0.25) is 5.02 Å². The zero-order valence-electron chi connectivity index (χ0n) is 19.8. The average molecular weight is 500 g/mol. The van der Waals surface area contributed by atoms with E-state index in [1.54, 1.807) is 11.7 Å². The van der Waals surface area contributed by atoms with E-state index in [9.17, 15) is 14.0 Å². The van der Waals surface area contributed by atoms with Gasteiger partial charge in [-0.3, -0.25) is 14.3 Å². The van der Waals surface area contributed by atoms with E-state index in [-0.39, 0.29) is 28.2 Å². The Hall–Kier alpha value is -2.61. The summed E-state index contributed by atoms with van der Waals surface area (Å²) < 4.78 is 15.1. The topological polar surface area (TPSA) is 102 Å². The first-order valence-electron chi connectivity index (χ1n) is 12.6. The second-order valence-electron chi connectivity index (χ2n) is 11.3. The van der Waals surface area contributed by atoms with Crippen molar-refractivity contribution in [3.8, 4) is 0 Å². The lowest BCUT2D eigenvalue weighted by molar-refractivity contribution is -0.165. The fourth-order valence-corrected chi connectivity index (χ4v) is 7.34. The second kappa shape index (κ2) is 8.22. The van der Waals surface area contributed by atoms with Gasteiger partial charge >= 0.3 is 0 Å². The normalized spacial score (nSPS) is 32.5. The molecule has 2 atom stereocenters. The number of nitrogens with one attached hydrogen (secondary N) is 2. The molecule has 186 valence electrons. The summed E-state index contributed by atoms with van der Waals surface area (Å²) in [4.78, 5) is 25.7. The van der Waals surface area contributed by atoms with Crippen molar-refractivity contribution in [2.75, 3.05) is 17.6 Å². The van der Waals surface area contributed by atoms with Gasteiger partial charge in [0.05, 0.1) is 10.7 Å². The van der Waals surface area contributed by atoms with Gasteiger partial charge in [0.15, 0.2) is 0 Å². The lowest BCUT2D eigenvalue weighted by atomic mass is 9.44. The number of carbonyl (C=O) groups is 2. The van der Waals surface area contributed by atoms with Crippen molar-refractivity contribution in [3.63, 3.8) is 0 Å². The Morgan fingerprint density at radius 3 is 2.49 bits per heavy atom. The number of hydrogen-bond donors (Lipinski definition) is 3. The maximum atomic E-state index is 13.5. The van der Waals surface area contributed by atoms with Crippen LogP contribution >= 0.6 is 11.6 Å². The summed E-state index contributed by atoms with van der Waals surface area (Å²) in [5.41, 5.74) is 7.77. The van der Waals surface area contributed by atoms with Gasteiger partial charge in [-0.2, -0.15) is 5.10 Å². The van der Waals surface area contributed by atoms with E-state index < -0.39 is 5.82 Å². The molecule has 1 heterocycles. The highest BCUT2D eigenvalue weighted by Crippen LogP contribution is 2.64. The first-order chi connectivity index (χ1) is 16.7. The van der Waals surface area contributed by atoms with Crippen LogP contribution in [0.4, 0.5) is 15.9 Å². The molecular formula is C26H31ClFN5O2. The van der Waals surface area contributed by atoms with E-state index in [0.29, 0.717) is 34.8 Å². The fourth-order valence-electron chi connectivity index (χ4n) is 7.16. The molecule has 0 radical (unpaired) electrons. The number of nitrogens with zero attached hydrogens (tertiary/aromatic N) is 2. The molecular weight excluding hydrogens is 469 g/mol. The third kappa shape index (κ3) is 3.81. The monoisotopic (exact) mass is 499 g/mol. The number of hydrogen-bond acceptors (Lipinski definition) is 4. The van der Waals surface area contributed by atoms with Crippen molar-refractivity contribution in [1.82, 2.24) is 15.1 Å². The molecule has 35 heavy (non-hydrogen) atoms. The van der Waals surface area contributed by atoms with Gasteiger partial charge in [0.2, 0.25) is 5.91 Å². The van der Waals surface area contributed by atoms with Crippen molar-refractivity contribution >= 4 is 34.9 Å². The Balaban J connectivity index is 1.10. The molecule has 1 aromatic carbocycles. The van der Waals surface area contributed by atoms with Gasteiger partial charge in [-0.15, -0.1) is 0 Å². The summed E-state index contributed by atoms with van der Waals surface area (Å²) >= 11 is 5.86. The molecule has 7 nitrogen and oxygen atoms in total. The number of halogens is 2. The van der Waals surface area contributed by atoms with Crippen molar-refractivity contribution in [2.24, 2.45) is 36.1 Å². The Morgan fingerprint density at radius 2 is 1.89 bits per heavy atom. The summed E-state index contributed by atoms with van der Waals surface area (Å²) in [7, 11) is 1.74. The third-order valence-corrected chi connectivity index (χ3v) is 9.38. The van der Waals surface area contributed by atoms with Gasteiger partial charge < -0.3 is 16.4 Å².